The van der Waals surface area contributed by atoms with Crippen LogP contribution >= 0.6 is 0 Å². The van der Waals surface area contributed by atoms with Crippen molar-refractivity contribution in [1.82, 2.24) is 0 Å². The highest BCUT2D eigenvalue weighted by Crippen LogP contribution is 2.38. The molecule has 0 atom stereocenters. The predicted molar refractivity (Wildman–Crippen MR) is 101 cm³/mol. The molecule has 0 spiro atoms. The second kappa shape index (κ2) is 6.63. The lowest BCUT2D eigenvalue weighted by Gasteiger charge is -2.12. The average Bonchev–Trinajstić information content (AvgIpc) is 2.61. The number of rotatable bonds is 2. The van der Waals surface area contributed by atoms with Crippen molar-refractivity contribution in [3.8, 4) is 22.6 Å². The van der Waals surface area contributed by atoms with E-state index >= 15 is 0 Å². The Kier molecular flexibility index (Phi) is 4.39. The zero-order valence-corrected chi connectivity index (χ0v) is 13.8. The van der Waals surface area contributed by atoms with Gasteiger partial charge in [0.05, 0.1) is 0 Å². The fourth-order valence-corrected chi connectivity index (χ4v) is 3.03. The van der Waals surface area contributed by atoms with Gasteiger partial charge in [-0.1, -0.05) is 60.7 Å². The van der Waals surface area contributed by atoms with E-state index in [-0.39, 0.29) is 11.5 Å². The molecule has 24 heavy (non-hydrogen) atoms. The molecule has 3 rings (SSSR count). The van der Waals surface area contributed by atoms with E-state index in [4.69, 9.17) is 0 Å². The summed E-state index contributed by atoms with van der Waals surface area (Å²) >= 11 is 0. The molecule has 0 aliphatic heterocycles. The molecule has 0 amide bonds. The maximum absolute atomic E-state index is 10.6. The van der Waals surface area contributed by atoms with E-state index in [0.29, 0.717) is 11.1 Å². The van der Waals surface area contributed by atoms with Gasteiger partial charge in [0.2, 0.25) is 0 Å². The lowest BCUT2D eigenvalue weighted by Crippen LogP contribution is -2.26. The largest absolute Gasteiger partial charge is 0.507 e. The van der Waals surface area contributed by atoms with Crippen LogP contribution in [0.15, 0.2) is 60.7 Å². The summed E-state index contributed by atoms with van der Waals surface area (Å²) in [5.41, 5.74) is 1.31. The Morgan fingerprint density at radius 1 is 0.792 bits per heavy atom. The Bertz CT molecular complexity index is 1040. The van der Waals surface area contributed by atoms with Gasteiger partial charge >= 0.3 is 0 Å². The van der Waals surface area contributed by atoms with Crippen LogP contribution in [-0.2, 0) is 0 Å². The molecule has 0 radical (unpaired) electrons. The number of aromatic hydroxyl groups is 2. The number of allylic oxidation sites excluding steroid dienone is 2. The molecule has 0 fully saturated rings. The molecule has 2 nitrogen and oxygen atoms in total. The SMILES string of the molecule is C\C=C/C=c1/c(-c2c(O)ccc3ccccc23)c(O)cc/c1=C/C. The Balaban J connectivity index is 2.55. The molecule has 3 aromatic carbocycles. The molecular weight excluding hydrogens is 296 g/mol. The lowest BCUT2D eigenvalue weighted by molar-refractivity contribution is 0.469. The first-order valence-electron chi connectivity index (χ1n) is 7.99. The van der Waals surface area contributed by atoms with E-state index in [2.05, 4.69) is 0 Å². The van der Waals surface area contributed by atoms with Crippen molar-refractivity contribution in [2.75, 3.05) is 0 Å². The number of hydrogen-bond acceptors (Lipinski definition) is 2. The smallest absolute Gasteiger partial charge is 0.124 e. The van der Waals surface area contributed by atoms with E-state index in [9.17, 15) is 10.2 Å². The summed E-state index contributed by atoms with van der Waals surface area (Å²) in [5, 5.41) is 25.0. The van der Waals surface area contributed by atoms with Crippen LogP contribution in [0.5, 0.6) is 11.5 Å². The Hall–Kier alpha value is -3.00. The summed E-state index contributed by atoms with van der Waals surface area (Å²) in [5.74, 6) is 0.315. The van der Waals surface area contributed by atoms with Gasteiger partial charge in [-0.15, -0.1) is 0 Å². The van der Waals surface area contributed by atoms with Crippen LogP contribution in [0.3, 0.4) is 0 Å². The van der Waals surface area contributed by atoms with Crippen molar-refractivity contribution in [2.45, 2.75) is 13.8 Å². The van der Waals surface area contributed by atoms with Crippen molar-refractivity contribution in [3.63, 3.8) is 0 Å². The van der Waals surface area contributed by atoms with Crippen molar-refractivity contribution >= 4 is 22.9 Å². The molecule has 0 aliphatic carbocycles. The van der Waals surface area contributed by atoms with Gasteiger partial charge in [-0.3, -0.25) is 0 Å². The zero-order valence-electron chi connectivity index (χ0n) is 13.8. The number of hydrogen-bond donors (Lipinski definition) is 2. The van der Waals surface area contributed by atoms with Gasteiger partial charge in [-0.05, 0) is 47.2 Å². The standard InChI is InChI=1S/C22H20O2/c1-3-5-9-17-15(4-2)11-13-19(23)21(17)22-18-10-7-6-8-16(18)12-14-20(22)24/h3-14,23-24H,1-2H3/b5-3-,15-4-,17-9+. The van der Waals surface area contributed by atoms with Gasteiger partial charge in [0.1, 0.15) is 11.5 Å². The van der Waals surface area contributed by atoms with Gasteiger partial charge < -0.3 is 10.2 Å². The van der Waals surface area contributed by atoms with E-state index in [0.717, 1.165) is 21.2 Å². The molecule has 0 heterocycles. The monoisotopic (exact) mass is 316 g/mol. The topological polar surface area (TPSA) is 40.5 Å². The summed E-state index contributed by atoms with van der Waals surface area (Å²) in [4.78, 5) is 0. The first-order valence-corrected chi connectivity index (χ1v) is 7.99. The third-order valence-corrected chi connectivity index (χ3v) is 4.18. The Morgan fingerprint density at radius 2 is 1.50 bits per heavy atom. The molecule has 0 aliphatic rings. The van der Waals surface area contributed by atoms with Crippen LogP contribution in [-0.4, -0.2) is 10.2 Å². The maximum Gasteiger partial charge on any atom is 0.124 e. The molecular formula is C22H20O2. The highest BCUT2D eigenvalue weighted by Gasteiger charge is 2.14. The van der Waals surface area contributed by atoms with Gasteiger partial charge in [0.25, 0.3) is 0 Å². The maximum atomic E-state index is 10.6. The number of phenols is 2. The Labute approximate surface area is 141 Å². The normalized spacial score (nSPS) is 13.2. The second-order valence-corrected chi connectivity index (χ2v) is 5.62. The first kappa shape index (κ1) is 15.9. The van der Waals surface area contributed by atoms with Gasteiger partial charge in [-0.2, -0.15) is 0 Å². The molecule has 0 saturated heterocycles. The summed E-state index contributed by atoms with van der Waals surface area (Å²) < 4.78 is 0. The van der Waals surface area contributed by atoms with Gasteiger partial charge in [-0.25, -0.2) is 0 Å². The highest BCUT2D eigenvalue weighted by molar-refractivity contribution is 6.01. The van der Waals surface area contributed by atoms with E-state index < -0.39 is 0 Å². The molecule has 0 saturated carbocycles. The van der Waals surface area contributed by atoms with Crippen molar-refractivity contribution in [2.24, 2.45) is 0 Å². The quantitative estimate of drug-likeness (QED) is 0.748. The molecule has 3 aromatic rings. The molecule has 0 aromatic heterocycles. The third-order valence-electron chi connectivity index (χ3n) is 4.18. The van der Waals surface area contributed by atoms with Crippen molar-refractivity contribution in [1.29, 1.82) is 0 Å². The van der Waals surface area contributed by atoms with E-state index in [1.165, 1.54) is 0 Å². The summed E-state index contributed by atoms with van der Waals surface area (Å²) in [6.07, 6.45) is 7.84. The predicted octanol–water partition coefficient (Wildman–Crippen LogP) is 4.08. The fraction of sp³-hybridized carbons (Fsp3) is 0.0909. The summed E-state index contributed by atoms with van der Waals surface area (Å²) in [6.45, 7) is 3.91. The molecule has 0 unspecified atom stereocenters. The van der Waals surface area contributed by atoms with Crippen molar-refractivity contribution < 1.29 is 10.2 Å². The molecule has 120 valence electrons. The van der Waals surface area contributed by atoms with Crippen LogP contribution in [0, 0.1) is 0 Å². The number of fused-ring (bicyclic) bond motifs is 1. The second-order valence-electron chi connectivity index (χ2n) is 5.62. The van der Waals surface area contributed by atoms with E-state index in [1.54, 1.807) is 12.1 Å². The van der Waals surface area contributed by atoms with Crippen molar-refractivity contribution in [3.05, 3.63) is 71.1 Å². The van der Waals surface area contributed by atoms with Crippen LogP contribution in [0.1, 0.15) is 13.8 Å². The van der Waals surface area contributed by atoms with Gasteiger partial charge in [0, 0.05) is 11.1 Å². The molecule has 2 heteroatoms. The minimum absolute atomic E-state index is 0.156. The van der Waals surface area contributed by atoms with Crippen LogP contribution in [0.25, 0.3) is 34.1 Å². The molecule has 2 N–H and O–H groups in total. The first-order chi connectivity index (χ1) is 11.7. The van der Waals surface area contributed by atoms with Gasteiger partial charge in [0.15, 0.2) is 0 Å². The third kappa shape index (κ3) is 2.67. The highest BCUT2D eigenvalue weighted by atomic mass is 16.3. The van der Waals surface area contributed by atoms with Crippen LogP contribution in [0.4, 0.5) is 0 Å². The van der Waals surface area contributed by atoms with Crippen LogP contribution in [0.2, 0.25) is 0 Å². The summed E-state index contributed by atoms with van der Waals surface area (Å²) in [6, 6.07) is 15.0. The summed E-state index contributed by atoms with van der Waals surface area (Å²) in [7, 11) is 0. The minimum Gasteiger partial charge on any atom is -0.507 e. The zero-order chi connectivity index (χ0) is 17.1. The van der Waals surface area contributed by atoms with Crippen LogP contribution < -0.4 is 10.4 Å². The Morgan fingerprint density at radius 3 is 2.25 bits per heavy atom. The molecule has 0 bridgehead atoms. The minimum atomic E-state index is 0.156. The lowest BCUT2D eigenvalue weighted by atomic mass is 9.94. The fourth-order valence-electron chi connectivity index (χ4n) is 3.03. The average molecular weight is 316 g/mol. The van der Waals surface area contributed by atoms with E-state index in [1.807, 2.05) is 74.5 Å². The number of phenolic OH excluding ortho intramolecular Hbond substituents is 2. The number of benzene rings is 3.